The Bertz CT molecular complexity index is 751. The number of hydrogen-bond donors (Lipinski definition) is 1. The quantitative estimate of drug-likeness (QED) is 0.924. The molecule has 7 heteroatoms. The lowest BCUT2D eigenvalue weighted by Crippen LogP contribution is -2.54. The standard InChI is InChI=1S/C17H17ClN4O2/c1-19-16(24)17(14-11-20-8-9-21-14)7-2-10-22(17)15(23)12-3-5-13(18)6-4-12/h3-6,8-9,11H,2,7,10H2,1H3,(H,19,24)/t17-/m1/s1. The van der Waals surface area contributed by atoms with Crippen molar-refractivity contribution in [2.45, 2.75) is 18.4 Å². The lowest BCUT2D eigenvalue weighted by Gasteiger charge is -2.36. The van der Waals surface area contributed by atoms with E-state index in [9.17, 15) is 9.59 Å². The van der Waals surface area contributed by atoms with E-state index in [-0.39, 0.29) is 11.8 Å². The van der Waals surface area contributed by atoms with Crippen molar-refractivity contribution in [1.82, 2.24) is 20.2 Å². The van der Waals surface area contributed by atoms with Crippen LogP contribution in [0.1, 0.15) is 28.9 Å². The summed E-state index contributed by atoms with van der Waals surface area (Å²) in [7, 11) is 1.56. The number of likely N-dealkylation sites (N-methyl/N-ethyl adjacent to an activating group) is 1. The molecular formula is C17H17ClN4O2. The van der Waals surface area contributed by atoms with Crippen molar-refractivity contribution in [3.8, 4) is 0 Å². The lowest BCUT2D eigenvalue weighted by atomic mass is 9.90. The maximum Gasteiger partial charge on any atom is 0.255 e. The Hall–Kier alpha value is -2.47. The van der Waals surface area contributed by atoms with Crippen molar-refractivity contribution in [2.24, 2.45) is 0 Å². The largest absolute Gasteiger partial charge is 0.357 e. The minimum atomic E-state index is -1.14. The third kappa shape index (κ3) is 2.63. The van der Waals surface area contributed by atoms with E-state index in [1.54, 1.807) is 48.6 Å². The molecule has 1 atom stereocenters. The molecule has 3 rings (SSSR count). The number of rotatable bonds is 3. The highest BCUT2D eigenvalue weighted by atomic mass is 35.5. The second-order valence-electron chi connectivity index (χ2n) is 5.60. The molecule has 124 valence electrons. The molecule has 0 unspecified atom stereocenters. The van der Waals surface area contributed by atoms with Crippen LogP contribution in [0.15, 0.2) is 42.9 Å². The third-order valence-corrected chi connectivity index (χ3v) is 4.56. The number of amides is 2. The average Bonchev–Trinajstić information content (AvgIpc) is 3.08. The van der Waals surface area contributed by atoms with Gasteiger partial charge >= 0.3 is 0 Å². The van der Waals surface area contributed by atoms with Gasteiger partial charge in [-0.05, 0) is 37.1 Å². The van der Waals surface area contributed by atoms with Gasteiger partial charge < -0.3 is 10.2 Å². The van der Waals surface area contributed by atoms with Gasteiger partial charge in [-0.1, -0.05) is 11.6 Å². The van der Waals surface area contributed by atoms with Crippen LogP contribution in [-0.2, 0) is 10.3 Å². The number of nitrogens with one attached hydrogen (secondary N) is 1. The van der Waals surface area contributed by atoms with Crippen molar-refractivity contribution < 1.29 is 9.59 Å². The first-order valence-corrected chi connectivity index (χ1v) is 8.03. The molecule has 0 aliphatic carbocycles. The minimum Gasteiger partial charge on any atom is -0.357 e. The van der Waals surface area contributed by atoms with E-state index in [2.05, 4.69) is 15.3 Å². The van der Waals surface area contributed by atoms with Gasteiger partial charge in [0.05, 0.1) is 11.9 Å². The van der Waals surface area contributed by atoms with Crippen LogP contribution in [-0.4, -0.2) is 40.3 Å². The zero-order valence-corrected chi connectivity index (χ0v) is 14.0. The summed E-state index contributed by atoms with van der Waals surface area (Å²) in [5.74, 6) is -0.485. The molecule has 1 aromatic heterocycles. The highest BCUT2D eigenvalue weighted by Crippen LogP contribution is 2.39. The summed E-state index contributed by atoms with van der Waals surface area (Å²) < 4.78 is 0. The second-order valence-corrected chi connectivity index (χ2v) is 6.03. The van der Waals surface area contributed by atoms with Crippen LogP contribution < -0.4 is 5.32 Å². The Morgan fingerprint density at radius 1 is 1.25 bits per heavy atom. The first-order valence-electron chi connectivity index (χ1n) is 7.66. The van der Waals surface area contributed by atoms with Crippen LogP contribution in [0.4, 0.5) is 0 Å². The molecule has 1 aliphatic heterocycles. The van der Waals surface area contributed by atoms with Crippen LogP contribution in [0.3, 0.4) is 0 Å². The highest BCUT2D eigenvalue weighted by Gasteiger charge is 2.52. The fourth-order valence-electron chi connectivity index (χ4n) is 3.18. The summed E-state index contributed by atoms with van der Waals surface area (Å²) in [5.41, 5.74) is -0.178. The minimum absolute atomic E-state index is 0.224. The Morgan fingerprint density at radius 3 is 2.62 bits per heavy atom. The summed E-state index contributed by atoms with van der Waals surface area (Å²) in [5, 5.41) is 3.23. The summed E-state index contributed by atoms with van der Waals surface area (Å²) in [6.07, 6.45) is 5.83. The van der Waals surface area contributed by atoms with Gasteiger partial charge in [-0.2, -0.15) is 0 Å². The van der Waals surface area contributed by atoms with Crippen molar-refractivity contribution in [3.05, 3.63) is 59.1 Å². The summed E-state index contributed by atoms with van der Waals surface area (Å²) >= 11 is 5.89. The highest BCUT2D eigenvalue weighted by molar-refractivity contribution is 6.30. The van der Waals surface area contributed by atoms with Crippen molar-refractivity contribution in [1.29, 1.82) is 0 Å². The molecule has 2 heterocycles. The summed E-state index contributed by atoms with van der Waals surface area (Å²) in [6, 6.07) is 6.64. The molecule has 1 fully saturated rings. The Kier molecular flexibility index (Phi) is 4.49. The Balaban J connectivity index is 2.06. The van der Waals surface area contributed by atoms with E-state index < -0.39 is 5.54 Å². The van der Waals surface area contributed by atoms with Crippen LogP contribution in [0, 0.1) is 0 Å². The molecule has 0 spiro atoms. The lowest BCUT2D eigenvalue weighted by molar-refractivity contribution is -0.131. The molecule has 1 saturated heterocycles. The Labute approximate surface area is 144 Å². The molecule has 6 nitrogen and oxygen atoms in total. The number of benzene rings is 1. The van der Waals surface area contributed by atoms with Crippen LogP contribution >= 0.6 is 11.6 Å². The molecule has 1 aliphatic rings. The number of aromatic nitrogens is 2. The molecular weight excluding hydrogens is 328 g/mol. The van der Waals surface area contributed by atoms with Gasteiger partial charge in [-0.15, -0.1) is 0 Å². The molecule has 0 radical (unpaired) electrons. The molecule has 0 saturated carbocycles. The van der Waals surface area contributed by atoms with Crippen molar-refractivity contribution in [2.75, 3.05) is 13.6 Å². The van der Waals surface area contributed by atoms with E-state index >= 15 is 0 Å². The first kappa shape index (κ1) is 16.4. The summed E-state index contributed by atoms with van der Waals surface area (Å²) in [6.45, 7) is 0.478. The van der Waals surface area contributed by atoms with Crippen molar-refractivity contribution in [3.63, 3.8) is 0 Å². The van der Waals surface area contributed by atoms with Gasteiger partial charge in [-0.3, -0.25) is 19.6 Å². The monoisotopic (exact) mass is 344 g/mol. The van der Waals surface area contributed by atoms with Crippen LogP contribution in [0.2, 0.25) is 5.02 Å². The smallest absolute Gasteiger partial charge is 0.255 e. The van der Waals surface area contributed by atoms with Gasteiger partial charge in [0.25, 0.3) is 11.8 Å². The topological polar surface area (TPSA) is 75.2 Å². The molecule has 2 aromatic rings. The average molecular weight is 345 g/mol. The zero-order valence-electron chi connectivity index (χ0n) is 13.2. The van der Waals surface area contributed by atoms with E-state index in [1.165, 1.54) is 6.20 Å². The molecule has 2 amide bonds. The van der Waals surface area contributed by atoms with E-state index in [4.69, 9.17) is 11.6 Å². The predicted molar refractivity (Wildman–Crippen MR) is 89.5 cm³/mol. The predicted octanol–water partition coefficient (Wildman–Crippen LogP) is 2.01. The van der Waals surface area contributed by atoms with E-state index in [0.717, 1.165) is 0 Å². The maximum absolute atomic E-state index is 13.0. The number of carbonyl (C=O) groups is 2. The van der Waals surface area contributed by atoms with Crippen LogP contribution in [0.25, 0.3) is 0 Å². The van der Waals surface area contributed by atoms with Gasteiger partial charge in [0, 0.05) is 36.6 Å². The number of nitrogens with zero attached hydrogens (tertiary/aromatic N) is 3. The fourth-order valence-corrected chi connectivity index (χ4v) is 3.31. The Morgan fingerprint density at radius 2 is 2.00 bits per heavy atom. The first-order chi connectivity index (χ1) is 11.6. The SMILES string of the molecule is CNC(=O)[C@]1(c2cnccn2)CCCN1C(=O)c1ccc(Cl)cc1. The normalized spacial score (nSPS) is 20.0. The number of likely N-dealkylation sites (tertiary alicyclic amines) is 1. The fraction of sp³-hybridized carbons (Fsp3) is 0.294. The third-order valence-electron chi connectivity index (χ3n) is 4.31. The number of hydrogen-bond acceptors (Lipinski definition) is 4. The molecule has 24 heavy (non-hydrogen) atoms. The van der Waals surface area contributed by atoms with E-state index in [1.807, 2.05) is 0 Å². The molecule has 1 N–H and O–H groups in total. The van der Waals surface area contributed by atoms with Gasteiger partial charge in [-0.25, -0.2) is 0 Å². The van der Waals surface area contributed by atoms with Gasteiger partial charge in [0.15, 0.2) is 5.54 Å². The molecule has 0 bridgehead atoms. The summed E-state index contributed by atoms with van der Waals surface area (Å²) in [4.78, 5) is 35.7. The van der Waals surface area contributed by atoms with Crippen LogP contribution in [0.5, 0.6) is 0 Å². The van der Waals surface area contributed by atoms with E-state index in [0.29, 0.717) is 35.7 Å². The maximum atomic E-state index is 13.0. The zero-order chi connectivity index (χ0) is 17.2. The number of carbonyl (C=O) groups excluding carboxylic acids is 2. The van der Waals surface area contributed by atoms with Gasteiger partial charge in [0.2, 0.25) is 0 Å². The number of halogens is 1. The van der Waals surface area contributed by atoms with Crippen molar-refractivity contribution >= 4 is 23.4 Å². The second kappa shape index (κ2) is 6.57. The molecule has 1 aromatic carbocycles. The van der Waals surface area contributed by atoms with Gasteiger partial charge in [0.1, 0.15) is 0 Å².